The van der Waals surface area contributed by atoms with Gasteiger partial charge in [-0.1, -0.05) is 0 Å². The maximum Gasteiger partial charge on any atom is 0.247 e. The number of aliphatic hydroxyl groups excluding tert-OH is 1. The summed E-state index contributed by atoms with van der Waals surface area (Å²) in [6.45, 7) is 4.64. The summed E-state index contributed by atoms with van der Waals surface area (Å²) in [6.07, 6.45) is 3.72. The predicted octanol–water partition coefficient (Wildman–Crippen LogP) is 2.34. The third kappa shape index (κ3) is 4.57. The Morgan fingerprint density at radius 2 is 1.89 bits per heavy atom. The molecule has 1 saturated heterocycles. The summed E-state index contributed by atoms with van der Waals surface area (Å²) >= 11 is 0. The number of β-amino-alcohol motifs (C(OH)–C–C–N with tert-alkyl or cyclic N) is 1. The van der Waals surface area contributed by atoms with Crippen molar-refractivity contribution < 1.29 is 14.6 Å². The van der Waals surface area contributed by atoms with Crippen molar-refractivity contribution >= 4 is 11.6 Å². The van der Waals surface area contributed by atoms with Gasteiger partial charge in [0.2, 0.25) is 5.91 Å². The van der Waals surface area contributed by atoms with E-state index < -0.39 is 11.6 Å². The van der Waals surface area contributed by atoms with E-state index in [4.69, 9.17) is 4.74 Å². The highest BCUT2D eigenvalue weighted by molar-refractivity contribution is 5.88. The molecule has 27 heavy (non-hydrogen) atoms. The van der Waals surface area contributed by atoms with E-state index in [0.29, 0.717) is 13.1 Å². The maximum absolute atomic E-state index is 13.1. The zero-order chi connectivity index (χ0) is 19.4. The first-order chi connectivity index (χ1) is 12.9. The number of pyridine rings is 1. The lowest BCUT2D eigenvalue weighted by atomic mass is 9.97. The Kier molecular flexibility index (Phi) is 5.65. The molecule has 2 atom stereocenters. The summed E-state index contributed by atoms with van der Waals surface area (Å²) in [5, 5.41) is 13.7. The summed E-state index contributed by atoms with van der Waals surface area (Å²) < 4.78 is 5.17. The molecule has 2 N–H and O–H groups in total. The molecule has 1 aromatic carbocycles. The van der Waals surface area contributed by atoms with E-state index in [-0.39, 0.29) is 11.8 Å². The number of rotatable bonds is 6. The zero-order valence-electron chi connectivity index (χ0n) is 16.1. The van der Waals surface area contributed by atoms with E-state index in [0.717, 1.165) is 23.4 Å². The van der Waals surface area contributed by atoms with Crippen molar-refractivity contribution in [1.82, 2.24) is 9.88 Å². The summed E-state index contributed by atoms with van der Waals surface area (Å²) in [7, 11) is 1.62. The molecule has 2 heterocycles. The van der Waals surface area contributed by atoms with Crippen LogP contribution in [0.15, 0.2) is 48.8 Å². The van der Waals surface area contributed by atoms with Gasteiger partial charge in [-0.3, -0.25) is 9.78 Å². The Labute approximate surface area is 160 Å². The highest BCUT2D eigenvalue weighted by Crippen LogP contribution is 2.26. The number of hydrogen-bond donors (Lipinski definition) is 2. The molecule has 0 spiro atoms. The van der Waals surface area contributed by atoms with E-state index >= 15 is 0 Å². The standard InChI is InChI=1S/C21H27N3O3/c1-21(2,23-17-4-6-18(27-3)7-5-17)20(26)24-13-16(19(25)14-24)12-15-8-10-22-11-9-15/h4-11,16,19,23,25H,12-14H2,1-3H3/t16-,19+/m1/s1. The van der Waals surface area contributed by atoms with Gasteiger partial charge < -0.3 is 20.1 Å². The Bertz CT molecular complexity index is 762. The van der Waals surface area contributed by atoms with Crippen LogP contribution in [0.4, 0.5) is 5.69 Å². The molecular formula is C21H27N3O3. The molecule has 0 unspecified atom stereocenters. The van der Waals surface area contributed by atoms with Crippen LogP contribution in [-0.2, 0) is 11.2 Å². The van der Waals surface area contributed by atoms with Gasteiger partial charge in [0.1, 0.15) is 11.3 Å². The fourth-order valence-electron chi connectivity index (χ4n) is 3.53. The quantitative estimate of drug-likeness (QED) is 0.818. The second kappa shape index (κ2) is 7.96. The number of hydrogen-bond acceptors (Lipinski definition) is 5. The third-order valence-corrected chi connectivity index (χ3v) is 5.02. The lowest BCUT2D eigenvalue weighted by Gasteiger charge is -2.31. The predicted molar refractivity (Wildman–Crippen MR) is 105 cm³/mol. The molecular weight excluding hydrogens is 342 g/mol. The molecule has 2 aromatic rings. The molecule has 1 aliphatic rings. The number of nitrogens with one attached hydrogen (secondary N) is 1. The zero-order valence-corrected chi connectivity index (χ0v) is 16.1. The summed E-state index contributed by atoms with van der Waals surface area (Å²) in [5.41, 5.74) is 1.20. The van der Waals surface area contributed by atoms with Gasteiger partial charge >= 0.3 is 0 Å². The third-order valence-electron chi connectivity index (χ3n) is 5.02. The Hall–Kier alpha value is -2.60. The van der Waals surface area contributed by atoms with Crippen LogP contribution >= 0.6 is 0 Å². The lowest BCUT2D eigenvalue weighted by molar-refractivity contribution is -0.134. The first-order valence-corrected chi connectivity index (χ1v) is 9.17. The number of methoxy groups -OCH3 is 1. The SMILES string of the molecule is COc1ccc(NC(C)(C)C(=O)N2C[C@@H](Cc3ccncc3)[C@@H](O)C2)cc1. The molecule has 3 rings (SSSR count). The highest BCUT2D eigenvalue weighted by Gasteiger charge is 2.39. The van der Waals surface area contributed by atoms with Gasteiger partial charge in [-0.25, -0.2) is 0 Å². The van der Waals surface area contributed by atoms with Crippen molar-refractivity contribution in [3.05, 3.63) is 54.4 Å². The van der Waals surface area contributed by atoms with Crippen LogP contribution in [0.5, 0.6) is 5.75 Å². The molecule has 1 amide bonds. The fourth-order valence-corrected chi connectivity index (χ4v) is 3.53. The lowest BCUT2D eigenvalue weighted by Crippen LogP contribution is -2.49. The first kappa shape index (κ1) is 19.2. The van der Waals surface area contributed by atoms with Gasteiger partial charge in [-0.15, -0.1) is 0 Å². The number of carbonyl (C=O) groups is 1. The molecule has 6 nitrogen and oxygen atoms in total. The molecule has 0 bridgehead atoms. The van der Waals surface area contributed by atoms with Gasteiger partial charge in [0.25, 0.3) is 0 Å². The average Bonchev–Trinajstić information content (AvgIpc) is 3.02. The van der Waals surface area contributed by atoms with E-state index in [1.54, 1.807) is 24.4 Å². The van der Waals surface area contributed by atoms with Gasteiger partial charge in [-0.2, -0.15) is 0 Å². The van der Waals surface area contributed by atoms with Crippen molar-refractivity contribution in [2.45, 2.75) is 31.9 Å². The number of aromatic nitrogens is 1. The van der Waals surface area contributed by atoms with E-state index in [9.17, 15) is 9.90 Å². The minimum atomic E-state index is -0.778. The molecule has 0 radical (unpaired) electrons. The molecule has 1 fully saturated rings. The van der Waals surface area contributed by atoms with E-state index in [1.165, 1.54) is 0 Å². The van der Waals surface area contributed by atoms with Crippen molar-refractivity contribution in [2.24, 2.45) is 5.92 Å². The number of nitrogens with zero attached hydrogens (tertiary/aromatic N) is 2. The number of benzene rings is 1. The Morgan fingerprint density at radius 3 is 2.52 bits per heavy atom. The van der Waals surface area contributed by atoms with Crippen LogP contribution in [0, 0.1) is 5.92 Å². The number of anilines is 1. The number of ether oxygens (including phenoxy) is 1. The number of likely N-dealkylation sites (tertiary alicyclic amines) is 1. The molecule has 0 saturated carbocycles. The average molecular weight is 369 g/mol. The summed E-state index contributed by atoms with van der Waals surface area (Å²) in [6, 6.07) is 11.4. The molecule has 6 heteroatoms. The molecule has 1 aromatic heterocycles. The number of carbonyl (C=O) groups excluding carboxylic acids is 1. The normalized spacial score (nSPS) is 19.8. The fraction of sp³-hybridized carbons (Fsp3) is 0.429. The van der Waals surface area contributed by atoms with Crippen LogP contribution in [0.2, 0.25) is 0 Å². The van der Waals surface area contributed by atoms with Crippen molar-refractivity contribution in [1.29, 1.82) is 0 Å². The van der Waals surface area contributed by atoms with Crippen LogP contribution < -0.4 is 10.1 Å². The molecule has 144 valence electrons. The van der Waals surface area contributed by atoms with Crippen LogP contribution in [0.25, 0.3) is 0 Å². The van der Waals surface area contributed by atoms with Gasteiger partial charge in [0, 0.05) is 37.1 Å². The van der Waals surface area contributed by atoms with Gasteiger partial charge in [0.05, 0.1) is 13.2 Å². The molecule has 1 aliphatic heterocycles. The Balaban J connectivity index is 1.63. The Morgan fingerprint density at radius 1 is 1.22 bits per heavy atom. The smallest absolute Gasteiger partial charge is 0.247 e. The van der Waals surface area contributed by atoms with Gasteiger partial charge in [-0.05, 0) is 62.2 Å². The second-order valence-corrected chi connectivity index (χ2v) is 7.58. The van der Waals surface area contributed by atoms with Crippen molar-refractivity contribution in [3.8, 4) is 5.75 Å². The van der Waals surface area contributed by atoms with Crippen molar-refractivity contribution in [2.75, 3.05) is 25.5 Å². The van der Waals surface area contributed by atoms with Gasteiger partial charge in [0.15, 0.2) is 0 Å². The van der Waals surface area contributed by atoms with Crippen molar-refractivity contribution in [3.63, 3.8) is 0 Å². The minimum absolute atomic E-state index is 0.0189. The number of aliphatic hydroxyl groups is 1. The topological polar surface area (TPSA) is 74.7 Å². The monoisotopic (exact) mass is 369 g/mol. The second-order valence-electron chi connectivity index (χ2n) is 7.58. The summed E-state index contributed by atoms with van der Waals surface area (Å²) in [5.74, 6) is 0.786. The van der Waals surface area contributed by atoms with Crippen LogP contribution in [0.3, 0.4) is 0 Å². The molecule has 0 aliphatic carbocycles. The maximum atomic E-state index is 13.1. The minimum Gasteiger partial charge on any atom is -0.497 e. The van der Waals surface area contributed by atoms with E-state index in [2.05, 4.69) is 10.3 Å². The van der Waals surface area contributed by atoms with Crippen LogP contribution in [-0.4, -0.2) is 52.7 Å². The van der Waals surface area contributed by atoms with E-state index in [1.807, 2.05) is 50.2 Å². The number of amides is 1. The highest BCUT2D eigenvalue weighted by atomic mass is 16.5. The van der Waals surface area contributed by atoms with Crippen LogP contribution in [0.1, 0.15) is 19.4 Å². The largest absolute Gasteiger partial charge is 0.497 e. The summed E-state index contributed by atoms with van der Waals surface area (Å²) in [4.78, 5) is 18.8. The first-order valence-electron chi connectivity index (χ1n) is 9.17.